The van der Waals surface area contributed by atoms with Crippen LogP contribution >= 0.6 is 0 Å². The fourth-order valence-corrected chi connectivity index (χ4v) is 3.04. The Morgan fingerprint density at radius 2 is 1.79 bits per heavy atom. The van der Waals surface area contributed by atoms with Gasteiger partial charge in [0.25, 0.3) is 5.91 Å². The van der Waals surface area contributed by atoms with E-state index in [1.807, 2.05) is 0 Å². The summed E-state index contributed by atoms with van der Waals surface area (Å²) in [7, 11) is 0. The molecule has 3 N–H and O–H groups in total. The second-order valence-corrected chi connectivity index (χ2v) is 7.48. The zero-order chi connectivity index (χ0) is 27.5. The first-order valence-corrected chi connectivity index (χ1v) is 11.2. The molecule has 0 aliphatic heterocycles. The lowest BCUT2D eigenvalue weighted by molar-refractivity contribution is -0.139. The van der Waals surface area contributed by atoms with Gasteiger partial charge in [-0.2, -0.15) is 18.3 Å². The number of hydrazone groups is 1. The number of para-hydroxylation sites is 1. The predicted octanol–water partition coefficient (Wildman–Crippen LogP) is 3.48. The zero-order valence-electron chi connectivity index (χ0n) is 20.0. The Bertz CT molecular complexity index is 1290. The highest BCUT2D eigenvalue weighted by Crippen LogP contribution is 2.34. The predicted molar refractivity (Wildman–Crippen MR) is 129 cm³/mol. The number of nitrogens with one attached hydrogen (secondary N) is 3. The van der Waals surface area contributed by atoms with Crippen LogP contribution in [0.2, 0.25) is 0 Å². The minimum Gasteiger partial charge on any atom is -0.490 e. The van der Waals surface area contributed by atoms with Crippen LogP contribution in [0.3, 0.4) is 0 Å². The Morgan fingerprint density at radius 1 is 1.00 bits per heavy atom. The second-order valence-electron chi connectivity index (χ2n) is 7.48. The van der Waals surface area contributed by atoms with Gasteiger partial charge in [0.2, 0.25) is 0 Å². The summed E-state index contributed by atoms with van der Waals surface area (Å²) in [4.78, 5) is 35.9. The molecule has 0 spiro atoms. The second kappa shape index (κ2) is 12.9. The van der Waals surface area contributed by atoms with Gasteiger partial charge in [0.1, 0.15) is 5.76 Å². The van der Waals surface area contributed by atoms with Crippen LogP contribution in [0, 0.1) is 0 Å². The lowest BCUT2D eigenvalue weighted by Crippen LogP contribution is -2.37. The number of alkyl halides is 3. The highest BCUT2D eigenvalue weighted by molar-refractivity contribution is 6.35. The average Bonchev–Trinajstić information content (AvgIpc) is 3.40. The summed E-state index contributed by atoms with van der Waals surface area (Å²) in [5.41, 5.74) is 1.18. The van der Waals surface area contributed by atoms with Crippen LogP contribution in [0.1, 0.15) is 23.8 Å². The molecule has 1 heterocycles. The van der Waals surface area contributed by atoms with E-state index in [-0.39, 0.29) is 30.3 Å². The molecule has 0 bridgehead atoms. The molecule has 0 saturated carbocycles. The first kappa shape index (κ1) is 27.8. The van der Waals surface area contributed by atoms with Gasteiger partial charge in [-0.3, -0.25) is 14.4 Å². The summed E-state index contributed by atoms with van der Waals surface area (Å²) in [5.74, 6) is -1.84. The van der Waals surface area contributed by atoms with Gasteiger partial charge in [0, 0.05) is 0 Å². The van der Waals surface area contributed by atoms with Gasteiger partial charge in [0.05, 0.1) is 36.9 Å². The number of carbonyl (C=O) groups excluding carboxylic acids is 3. The maximum absolute atomic E-state index is 13.1. The smallest absolute Gasteiger partial charge is 0.418 e. The number of anilines is 1. The highest BCUT2D eigenvalue weighted by Gasteiger charge is 2.33. The molecule has 3 amide bonds. The Morgan fingerprint density at radius 3 is 2.50 bits per heavy atom. The number of halogens is 3. The Balaban J connectivity index is 1.56. The minimum atomic E-state index is -4.63. The van der Waals surface area contributed by atoms with Crippen molar-refractivity contribution in [2.45, 2.75) is 19.6 Å². The Kier molecular flexibility index (Phi) is 9.46. The lowest BCUT2D eigenvalue weighted by Gasteiger charge is -2.15. The molecule has 10 nitrogen and oxygen atoms in total. The topological polar surface area (TPSA) is 131 Å². The molecule has 0 aliphatic rings. The molecule has 1 aromatic heterocycles. The van der Waals surface area contributed by atoms with E-state index in [1.54, 1.807) is 19.1 Å². The molecule has 3 aromatic rings. The molecule has 0 fully saturated rings. The molecule has 0 aliphatic carbocycles. The molecule has 38 heavy (non-hydrogen) atoms. The number of nitrogens with zero attached hydrogens (tertiary/aromatic N) is 1. The third-order valence-electron chi connectivity index (χ3n) is 4.72. The van der Waals surface area contributed by atoms with Crippen LogP contribution in [0.25, 0.3) is 0 Å². The summed E-state index contributed by atoms with van der Waals surface area (Å²) in [6.07, 6.45) is -1.94. The van der Waals surface area contributed by atoms with Crippen LogP contribution in [0.5, 0.6) is 11.5 Å². The fourth-order valence-electron chi connectivity index (χ4n) is 3.04. The average molecular weight is 532 g/mol. The largest absolute Gasteiger partial charge is 0.490 e. The Labute approximate surface area is 214 Å². The van der Waals surface area contributed by atoms with Crippen molar-refractivity contribution in [1.29, 1.82) is 0 Å². The van der Waals surface area contributed by atoms with E-state index in [4.69, 9.17) is 13.9 Å². The van der Waals surface area contributed by atoms with E-state index in [1.165, 1.54) is 42.8 Å². The van der Waals surface area contributed by atoms with E-state index in [9.17, 15) is 27.6 Å². The van der Waals surface area contributed by atoms with Crippen LogP contribution in [0.15, 0.2) is 70.4 Å². The highest BCUT2D eigenvalue weighted by atomic mass is 19.4. The van der Waals surface area contributed by atoms with E-state index in [0.717, 1.165) is 12.1 Å². The van der Waals surface area contributed by atoms with Crippen molar-refractivity contribution in [3.8, 4) is 11.5 Å². The lowest BCUT2D eigenvalue weighted by atomic mass is 10.1. The molecular weight excluding hydrogens is 509 g/mol. The van der Waals surface area contributed by atoms with Gasteiger partial charge in [0.15, 0.2) is 18.1 Å². The maximum atomic E-state index is 13.1. The van der Waals surface area contributed by atoms with Crippen LogP contribution in [0.4, 0.5) is 18.9 Å². The van der Waals surface area contributed by atoms with E-state index >= 15 is 0 Å². The molecule has 3 rings (SSSR count). The van der Waals surface area contributed by atoms with Gasteiger partial charge in [-0.15, -0.1) is 0 Å². The van der Waals surface area contributed by atoms with Crippen molar-refractivity contribution in [1.82, 2.24) is 10.7 Å². The number of ether oxygens (including phenoxy) is 2. The number of rotatable bonds is 10. The molecule has 0 atom stereocenters. The van der Waals surface area contributed by atoms with Gasteiger partial charge in [-0.1, -0.05) is 12.1 Å². The molecule has 13 heteroatoms. The number of hydrogen-bond donors (Lipinski definition) is 3. The van der Waals surface area contributed by atoms with Gasteiger partial charge < -0.3 is 24.5 Å². The number of hydrogen-bond acceptors (Lipinski definition) is 7. The SMILES string of the molecule is CCOc1cc(/C=N\NC(=O)C(=O)NCc2ccco2)ccc1OCC(=O)Nc1ccccc1C(F)(F)F. The van der Waals surface area contributed by atoms with E-state index < -0.39 is 36.1 Å². The normalized spacial score (nSPS) is 11.2. The molecular formula is C25H23F3N4O6. The summed E-state index contributed by atoms with van der Waals surface area (Å²) >= 11 is 0. The third-order valence-corrected chi connectivity index (χ3v) is 4.72. The monoisotopic (exact) mass is 532 g/mol. The quantitative estimate of drug-likeness (QED) is 0.208. The summed E-state index contributed by atoms with van der Waals surface area (Å²) in [5, 5.41) is 8.29. The van der Waals surface area contributed by atoms with Gasteiger partial charge >= 0.3 is 18.0 Å². The van der Waals surface area contributed by atoms with Gasteiger partial charge in [-0.05, 0) is 55.0 Å². The summed E-state index contributed by atoms with van der Waals surface area (Å²) < 4.78 is 55.4. The molecule has 0 saturated heterocycles. The number of amides is 3. The maximum Gasteiger partial charge on any atom is 0.418 e. The minimum absolute atomic E-state index is 0.0367. The number of furan rings is 1. The number of benzene rings is 2. The van der Waals surface area contributed by atoms with Gasteiger partial charge in [-0.25, -0.2) is 5.43 Å². The molecule has 2 aromatic carbocycles. The zero-order valence-corrected chi connectivity index (χ0v) is 20.0. The van der Waals surface area contributed by atoms with Crippen LogP contribution < -0.4 is 25.5 Å². The summed E-state index contributed by atoms with van der Waals surface area (Å²) in [6.45, 7) is 1.42. The van der Waals surface area contributed by atoms with Crippen molar-refractivity contribution in [2.24, 2.45) is 5.10 Å². The van der Waals surface area contributed by atoms with Crippen LogP contribution in [-0.4, -0.2) is 37.1 Å². The van der Waals surface area contributed by atoms with Crippen molar-refractivity contribution < 1.29 is 41.4 Å². The Hall–Kier alpha value is -4.81. The third kappa shape index (κ3) is 8.11. The summed E-state index contributed by atoms with van der Waals surface area (Å²) in [6, 6.07) is 12.4. The molecule has 200 valence electrons. The van der Waals surface area contributed by atoms with Crippen molar-refractivity contribution in [3.05, 3.63) is 77.7 Å². The van der Waals surface area contributed by atoms with Crippen LogP contribution in [-0.2, 0) is 27.1 Å². The standard InChI is InChI=1S/C25H23F3N4O6/c1-2-36-21-12-16(13-30-32-24(35)23(34)29-14-17-6-5-11-37-17)9-10-20(21)38-15-22(33)31-19-8-4-3-7-18(19)25(26,27)28/h3-13H,2,14-15H2,1H3,(H,29,34)(H,31,33)(H,32,35)/b30-13-. The molecule has 0 radical (unpaired) electrons. The first-order valence-electron chi connectivity index (χ1n) is 11.2. The van der Waals surface area contributed by atoms with Crippen molar-refractivity contribution in [2.75, 3.05) is 18.5 Å². The van der Waals surface area contributed by atoms with E-state index in [2.05, 4.69) is 21.2 Å². The van der Waals surface area contributed by atoms with Crippen molar-refractivity contribution >= 4 is 29.6 Å². The molecule has 0 unspecified atom stereocenters. The fraction of sp³-hybridized carbons (Fsp3) is 0.200. The number of carbonyl (C=O) groups is 3. The van der Waals surface area contributed by atoms with Crippen molar-refractivity contribution in [3.63, 3.8) is 0 Å². The van der Waals surface area contributed by atoms with E-state index in [0.29, 0.717) is 11.3 Å². The first-order chi connectivity index (χ1) is 18.2.